The lowest BCUT2D eigenvalue weighted by Crippen LogP contribution is -2.42. The largest absolute Gasteiger partial charge is 0.500 e. The van der Waals surface area contributed by atoms with Crippen molar-refractivity contribution in [3.63, 3.8) is 0 Å². The molecule has 0 aromatic carbocycles. The standard InChI is InChI=1S/C12H26O5Si.C10H20O5Si.C9H16O3.C7H10O3/c1-7-12(2,3)11(13)17-9-8-10-18(14-4,15-5)16-6;1-9(2)10(11)15-7-6-8-16(12-3,13-4)14-5;1-4-9(2,3)8(10)12-6-7-5-11-7;1-5(2)7(8)10-4-6-3-9-6/h7-10H2,1-6H3;1,6-8H2,2-5H3;7H,4-6H2,1-3H3;6H,1,3-4H2,2H3. The zero-order valence-electron chi connectivity index (χ0n) is 36.6. The van der Waals surface area contributed by atoms with Gasteiger partial charge in [-0.2, -0.15) is 0 Å². The smallest absolute Gasteiger partial charge is 0.465 e. The molecule has 0 radical (unpaired) electrons. The van der Waals surface area contributed by atoms with Crippen LogP contribution in [0.15, 0.2) is 24.3 Å². The van der Waals surface area contributed by atoms with Gasteiger partial charge in [0.25, 0.3) is 0 Å². The molecule has 0 saturated carbocycles. The van der Waals surface area contributed by atoms with E-state index in [1.165, 1.54) is 0 Å². The summed E-state index contributed by atoms with van der Waals surface area (Å²) in [5.74, 6) is -1.000. The summed E-state index contributed by atoms with van der Waals surface area (Å²) in [4.78, 5) is 44.8. The summed E-state index contributed by atoms with van der Waals surface area (Å²) in [5.41, 5.74) is 0.0575. The Morgan fingerprint density at radius 3 is 1.18 bits per heavy atom. The third-order valence-electron chi connectivity index (χ3n) is 8.76. The normalized spacial score (nSPS) is 15.9. The van der Waals surface area contributed by atoms with Gasteiger partial charge in [-0.1, -0.05) is 27.0 Å². The van der Waals surface area contributed by atoms with Gasteiger partial charge in [0.15, 0.2) is 0 Å². The predicted octanol–water partition coefficient (Wildman–Crippen LogP) is 5.48. The van der Waals surface area contributed by atoms with Crippen LogP contribution in [0.4, 0.5) is 0 Å². The quantitative estimate of drug-likeness (QED) is 0.0297. The lowest BCUT2D eigenvalue weighted by atomic mass is 9.91. The second-order valence-corrected chi connectivity index (χ2v) is 20.4. The van der Waals surface area contributed by atoms with Gasteiger partial charge in [-0.05, 0) is 67.2 Å². The van der Waals surface area contributed by atoms with Crippen LogP contribution in [0, 0.1) is 10.8 Å². The van der Waals surface area contributed by atoms with Gasteiger partial charge >= 0.3 is 41.5 Å². The van der Waals surface area contributed by atoms with Crippen LogP contribution in [0.1, 0.15) is 81.1 Å². The number of carbonyl (C=O) groups is 4. The molecule has 2 aliphatic heterocycles. The monoisotopic (exact) mass is 840 g/mol. The van der Waals surface area contributed by atoms with E-state index in [1.807, 2.05) is 41.5 Å². The Morgan fingerprint density at radius 2 is 0.875 bits per heavy atom. The maximum absolute atomic E-state index is 11.7. The number of carbonyl (C=O) groups excluding carboxylic acids is 4. The fourth-order valence-corrected chi connectivity index (χ4v) is 6.99. The minimum Gasteiger partial charge on any atom is -0.465 e. The van der Waals surface area contributed by atoms with Crippen LogP contribution in [-0.2, 0) is 74.2 Å². The van der Waals surface area contributed by atoms with Crippen molar-refractivity contribution in [1.29, 1.82) is 0 Å². The topological polar surface area (TPSA) is 186 Å². The molecular weight excluding hydrogens is 769 g/mol. The minimum atomic E-state index is -2.53. The van der Waals surface area contributed by atoms with Gasteiger partial charge < -0.3 is 55.0 Å². The van der Waals surface area contributed by atoms with Crippen LogP contribution in [0.5, 0.6) is 0 Å². The highest BCUT2D eigenvalue weighted by Crippen LogP contribution is 2.23. The molecule has 0 spiro atoms. The zero-order chi connectivity index (χ0) is 43.6. The molecule has 0 aromatic heterocycles. The summed E-state index contributed by atoms with van der Waals surface area (Å²) in [6.45, 7) is 24.6. The second-order valence-electron chi connectivity index (χ2n) is 14.2. The summed E-state index contributed by atoms with van der Waals surface area (Å²) in [5, 5.41) is 0. The molecule has 0 aromatic rings. The molecule has 2 aliphatic rings. The van der Waals surface area contributed by atoms with E-state index in [0.717, 1.165) is 19.4 Å². The van der Waals surface area contributed by atoms with Gasteiger partial charge in [0.2, 0.25) is 0 Å². The van der Waals surface area contributed by atoms with Gasteiger partial charge in [0, 0.05) is 65.9 Å². The molecule has 0 bridgehead atoms. The van der Waals surface area contributed by atoms with Crippen molar-refractivity contribution in [2.75, 3.05) is 82.3 Å². The van der Waals surface area contributed by atoms with E-state index in [1.54, 1.807) is 56.5 Å². The molecule has 0 aliphatic carbocycles. The van der Waals surface area contributed by atoms with Crippen LogP contribution in [0.25, 0.3) is 0 Å². The van der Waals surface area contributed by atoms with Crippen molar-refractivity contribution in [2.24, 2.45) is 10.8 Å². The molecule has 2 unspecified atom stereocenters. The van der Waals surface area contributed by atoms with Crippen LogP contribution >= 0.6 is 0 Å². The summed E-state index contributed by atoms with van der Waals surface area (Å²) in [6, 6.07) is 1.25. The zero-order valence-corrected chi connectivity index (χ0v) is 38.6. The fraction of sp³-hybridized carbons (Fsp3) is 0.789. The van der Waals surface area contributed by atoms with Crippen LogP contribution in [0.2, 0.25) is 12.1 Å². The molecule has 2 atom stereocenters. The lowest BCUT2D eigenvalue weighted by molar-refractivity contribution is -0.155. The first-order chi connectivity index (χ1) is 26.1. The number of ether oxygens (including phenoxy) is 6. The van der Waals surface area contributed by atoms with Crippen molar-refractivity contribution in [1.82, 2.24) is 0 Å². The average molecular weight is 841 g/mol. The Labute approximate surface area is 337 Å². The molecule has 16 nitrogen and oxygen atoms in total. The maximum atomic E-state index is 11.7. The SMILES string of the molecule is C=C(C)C(=O)OCC1CO1.C=C(C)C(=O)OCCC[Si](OC)(OC)OC.CCC(C)(C)C(=O)OCC1CO1.CCC(C)(C)C(=O)OCCC[Si](OC)(OC)OC. The lowest BCUT2D eigenvalue weighted by Gasteiger charge is -2.24. The summed E-state index contributed by atoms with van der Waals surface area (Å²) in [6.07, 6.45) is 3.19. The van der Waals surface area contributed by atoms with Gasteiger partial charge in [0.05, 0.1) is 37.3 Å². The third kappa shape index (κ3) is 24.3. The van der Waals surface area contributed by atoms with Crippen LogP contribution in [-0.4, -0.2) is 136 Å². The number of hydrogen-bond donors (Lipinski definition) is 0. The minimum absolute atomic E-state index is 0.125. The van der Waals surface area contributed by atoms with Crippen molar-refractivity contribution in [2.45, 2.75) is 105 Å². The van der Waals surface area contributed by atoms with E-state index in [0.29, 0.717) is 69.1 Å². The van der Waals surface area contributed by atoms with E-state index in [4.69, 9.17) is 55.0 Å². The van der Waals surface area contributed by atoms with Crippen LogP contribution < -0.4 is 0 Å². The first kappa shape index (κ1) is 55.6. The van der Waals surface area contributed by atoms with Crippen molar-refractivity contribution >= 4 is 41.5 Å². The van der Waals surface area contributed by atoms with Gasteiger partial charge in [-0.15, -0.1) is 0 Å². The molecule has 2 rings (SSSR count). The number of rotatable bonds is 24. The van der Waals surface area contributed by atoms with E-state index in [-0.39, 0.29) is 41.5 Å². The number of esters is 4. The van der Waals surface area contributed by atoms with Gasteiger partial charge in [-0.25, -0.2) is 9.59 Å². The molecule has 2 heterocycles. The van der Waals surface area contributed by atoms with E-state index in [2.05, 4.69) is 13.2 Å². The van der Waals surface area contributed by atoms with Crippen molar-refractivity contribution in [3.05, 3.63) is 24.3 Å². The third-order valence-corrected chi connectivity index (χ3v) is 14.4. The summed E-state index contributed by atoms with van der Waals surface area (Å²) < 4.78 is 61.3. The molecular formula is C38H72O16Si2. The molecule has 2 fully saturated rings. The maximum Gasteiger partial charge on any atom is 0.500 e. The molecule has 18 heteroatoms. The highest BCUT2D eigenvalue weighted by molar-refractivity contribution is 6.60. The average Bonchev–Trinajstić information content (AvgIpc) is 4.14. The van der Waals surface area contributed by atoms with Crippen molar-refractivity contribution in [3.8, 4) is 0 Å². The number of epoxide rings is 2. The number of hydrogen-bond acceptors (Lipinski definition) is 16. The Hall–Kier alpha value is -2.53. The molecule has 0 N–H and O–H groups in total. The highest BCUT2D eigenvalue weighted by Gasteiger charge is 2.38. The summed E-state index contributed by atoms with van der Waals surface area (Å²) in [7, 11) is 4.32. The van der Waals surface area contributed by atoms with Crippen molar-refractivity contribution < 1.29 is 74.2 Å². The fourth-order valence-electron chi connectivity index (χ4n) is 3.61. The highest BCUT2D eigenvalue weighted by atomic mass is 28.4. The van der Waals surface area contributed by atoms with E-state index in [9.17, 15) is 19.2 Å². The van der Waals surface area contributed by atoms with Gasteiger partial charge in [-0.3, -0.25) is 9.59 Å². The Morgan fingerprint density at radius 1 is 0.571 bits per heavy atom. The first-order valence-corrected chi connectivity index (χ1v) is 22.5. The predicted molar refractivity (Wildman–Crippen MR) is 213 cm³/mol. The van der Waals surface area contributed by atoms with Gasteiger partial charge in [0.1, 0.15) is 25.4 Å². The first-order valence-electron chi connectivity index (χ1n) is 18.7. The van der Waals surface area contributed by atoms with E-state index >= 15 is 0 Å². The molecule has 0 amide bonds. The van der Waals surface area contributed by atoms with E-state index < -0.39 is 23.0 Å². The van der Waals surface area contributed by atoms with Crippen LogP contribution in [0.3, 0.4) is 0 Å². The second kappa shape index (κ2) is 28.8. The molecule has 56 heavy (non-hydrogen) atoms. The summed E-state index contributed by atoms with van der Waals surface area (Å²) >= 11 is 0. The molecule has 328 valence electrons. The molecule has 2 saturated heterocycles. The Bertz CT molecular complexity index is 1160. The Balaban J connectivity index is 0. The Kier molecular flexibility index (Phi) is 28.6.